The van der Waals surface area contributed by atoms with Crippen molar-refractivity contribution in [3.8, 4) is 6.07 Å². The third-order valence-corrected chi connectivity index (χ3v) is 5.93. The van der Waals surface area contributed by atoms with Crippen molar-refractivity contribution >= 4 is 17.4 Å². The molecule has 0 bridgehead atoms. The molecule has 0 aromatic heterocycles. The number of ketones is 1. The van der Waals surface area contributed by atoms with Gasteiger partial charge in [0.05, 0.1) is 18.1 Å². The average Bonchev–Trinajstić information content (AvgIpc) is 2.68. The molecule has 154 valence electrons. The summed E-state index contributed by atoms with van der Waals surface area (Å²) >= 11 is 0. The van der Waals surface area contributed by atoms with Gasteiger partial charge in [0.25, 0.3) is 0 Å². The van der Waals surface area contributed by atoms with E-state index in [4.69, 9.17) is 14.7 Å². The highest BCUT2D eigenvalue weighted by atomic mass is 16.6. The third kappa shape index (κ3) is 4.68. The van der Waals surface area contributed by atoms with Gasteiger partial charge in [0.15, 0.2) is 5.78 Å². The molecule has 1 saturated heterocycles. The normalized spacial score (nSPS) is 18.5. The number of allylic oxidation sites excluding steroid dienone is 2. The maximum Gasteiger partial charge on any atom is 0.414 e. The monoisotopic (exact) mass is 396 g/mol. The highest BCUT2D eigenvalue weighted by Gasteiger charge is 2.43. The summed E-state index contributed by atoms with van der Waals surface area (Å²) in [6.07, 6.45) is 2.26. The summed E-state index contributed by atoms with van der Waals surface area (Å²) in [6.45, 7) is 5.48. The summed E-state index contributed by atoms with van der Waals surface area (Å²) in [6, 6.07) is 8.01. The molecule has 0 atom stereocenters. The Morgan fingerprint density at radius 1 is 1.28 bits per heavy atom. The summed E-state index contributed by atoms with van der Waals surface area (Å²) in [5.41, 5.74) is 3.17. The average molecular weight is 396 g/mol. The zero-order chi connectivity index (χ0) is 21.0. The molecule has 3 rings (SSSR count). The minimum absolute atomic E-state index is 0.0225. The molecule has 1 amide bonds. The summed E-state index contributed by atoms with van der Waals surface area (Å²) in [4.78, 5) is 27.3. The second-order valence-corrected chi connectivity index (χ2v) is 8.20. The van der Waals surface area contributed by atoms with Gasteiger partial charge in [0, 0.05) is 39.6 Å². The van der Waals surface area contributed by atoms with Gasteiger partial charge in [0.2, 0.25) is 0 Å². The molecule has 0 radical (unpaired) electrons. The van der Waals surface area contributed by atoms with Crippen molar-refractivity contribution in [2.24, 2.45) is 5.41 Å². The van der Waals surface area contributed by atoms with Crippen LogP contribution in [0.25, 0.3) is 5.57 Å². The van der Waals surface area contributed by atoms with Gasteiger partial charge in [-0.3, -0.25) is 4.79 Å². The van der Waals surface area contributed by atoms with E-state index in [9.17, 15) is 9.59 Å². The summed E-state index contributed by atoms with van der Waals surface area (Å²) < 4.78 is 11.3. The van der Waals surface area contributed by atoms with Crippen LogP contribution in [-0.2, 0) is 14.3 Å². The zero-order valence-electron chi connectivity index (χ0n) is 17.4. The van der Waals surface area contributed by atoms with Crippen LogP contribution in [0.4, 0.5) is 4.79 Å². The number of amides is 1. The lowest BCUT2D eigenvalue weighted by molar-refractivity contribution is -0.119. The number of rotatable bonds is 4. The van der Waals surface area contributed by atoms with Crippen molar-refractivity contribution in [3.63, 3.8) is 0 Å². The highest BCUT2D eigenvalue weighted by Crippen LogP contribution is 2.47. The molecule has 1 fully saturated rings. The molecule has 29 heavy (non-hydrogen) atoms. The topological polar surface area (TPSA) is 79.6 Å². The number of hydrogen-bond donors (Lipinski definition) is 0. The molecule has 0 N–H and O–H groups in total. The molecule has 0 saturated carbocycles. The molecular weight excluding hydrogens is 368 g/mol. The van der Waals surface area contributed by atoms with Crippen molar-refractivity contribution < 1.29 is 19.1 Å². The molecule has 1 spiro atoms. The predicted molar refractivity (Wildman–Crippen MR) is 109 cm³/mol. The Bertz CT molecular complexity index is 875. The van der Waals surface area contributed by atoms with Gasteiger partial charge in [-0.15, -0.1) is 0 Å². The quantitative estimate of drug-likeness (QED) is 0.764. The van der Waals surface area contributed by atoms with Gasteiger partial charge in [-0.2, -0.15) is 5.26 Å². The number of hydrogen-bond acceptors (Lipinski definition) is 5. The van der Waals surface area contributed by atoms with Crippen LogP contribution in [-0.4, -0.2) is 43.6 Å². The summed E-state index contributed by atoms with van der Waals surface area (Å²) in [5, 5.41) is 8.77. The Labute approximate surface area is 172 Å². The van der Waals surface area contributed by atoms with E-state index in [0.29, 0.717) is 37.4 Å². The SMILES string of the molecule is Cc1ccc(C)c(C2=C(OC(=O)N(C)CCC#N)CC3(CCOCC3)CC2=O)c1. The van der Waals surface area contributed by atoms with Crippen LogP contribution in [0.15, 0.2) is 24.0 Å². The number of carbonyl (C=O) groups excluding carboxylic acids is 2. The van der Waals surface area contributed by atoms with Crippen LogP contribution < -0.4 is 0 Å². The van der Waals surface area contributed by atoms with E-state index < -0.39 is 6.09 Å². The Morgan fingerprint density at radius 2 is 2.00 bits per heavy atom. The van der Waals surface area contributed by atoms with Crippen LogP contribution in [0, 0.1) is 30.6 Å². The number of aryl methyl sites for hydroxylation is 2. The maximum absolute atomic E-state index is 13.3. The largest absolute Gasteiger partial charge is 0.414 e. The van der Waals surface area contributed by atoms with Crippen molar-refractivity contribution in [3.05, 3.63) is 40.6 Å². The van der Waals surface area contributed by atoms with Crippen LogP contribution >= 0.6 is 0 Å². The van der Waals surface area contributed by atoms with E-state index in [1.165, 1.54) is 4.90 Å². The number of nitriles is 1. The first-order valence-electron chi connectivity index (χ1n) is 10.1. The molecule has 1 aromatic rings. The van der Waals surface area contributed by atoms with Crippen LogP contribution in [0.1, 0.15) is 48.8 Å². The van der Waals surface area contributed by atoms with Gasteiger partial charge >= 0.3 is 6.09 Å². The fourth-order valence-electron chi connectivity index (χ4n) is 4.12. The lowest BCUT2D eigenvalue weighted by atomic mass is 9.67. The smallest absolute Gasteiger partial charge is 0.414 e. The lowest BCUT2D eigenvalue weighted by Gasteiger charge is -2.40. The van der Waals surface area contributed by atoms with E-state index in [-0.39, 0.29) is 24.2 Å². The number of ether oxygens (including phenoxy) is 2. The minimum Gasteiger partial charge on any atom is -0.414 e. The summed E-state index contributed by atoms with van der Waals surface area (Å²) in [7, 11) is 1.60. The van der Waals surface area contributed by atoms with Crippen molar-refractivity contribution in [2.75, 3.05) is 26.8 Å². The number of carbonyl (C=O) groups is 2. The van der Waals surface area contributed by atoms with Crippen molar-refractivity contribution in [2.45, 2.75) is 46.0 Å². The Hall–Kier alpha value is -2.65. The Morgan fingerprint density at radius 3 is 2.69 bits per heavy atom. The van der Waals surface area contributed by atoms with E-state index >= 15 is 0 Å². The van der Waals surface area contributed by atoms with Crippen molar-refractivity contribution in [1.82, 2.24) is 4.90 Å². The van der Waals surface area contributed by atoms with Crippen molar-refractivity contribution in [1.29, 1.82) is 5.26 Å². The first-order valence-corrected chi connectivity index (χ1v) is 10.1. The maximum atomic E-state index is 13.3. The van der Waals surface area contributed by atoms with Crippen LogP contribution in [0.2, 0.25) is 0 Å². The molecule has 6 heteroatoms. The lowest BCUT2D eigenvalue weighted by Crippen LogP contribution is -2.38. The first kappa shape index (κ1) is 21.1. The minimum atomic E-state index is -0.532. The van der Waals surface area contributed by atoms with Gasteiger partial charge in [0.1, 0.15) is 5.76 Å². The first-order chi connectivity index (χ1) is 13.8. The number of benzene rings is 1. The van der Waals surface area contributed by atoms with Gasteiger partial charge in [-0.1, -0.05) is 23.8 Å². The van der Waals surface area contributed by atoms with E-state index in [0.717, 1.165) is 29.5 Å². The molecule has 0 unspecified atom stereocenters. The van der Waals surface area contributed by atoms with Gasteiger partial charge in [-0.05, 0) is 43.2 Å². The second kappa shape index (κ2) is 8.79. The summed E-state index contributed by atoms with van der Waals surface area (Å²) in [5.74, 6) is 0.472. The standard InChI is InChI=1S/C23H28N2O4/c1-16-5-6-17(2)18(13-16)21-19(26)14-23(7-11-28-12-8-23)15-20(21)29-22(27)25(3)10-4-9-24/h5-6,13H,4,7-8,10-12,14-15H2,1-3H3. The molecule has 1 aromatic carbocycles. The fraction of sp³-hybridized carbons (Fsp3) is 0.522. The molecule has 1 heterocycles. The molecule has 1 aliphatic heterocycles. The third-order valence-electron chi connectivity index (χ3n) is 5.93. The van der Waals surface area contributed by atoms with E-state index in [1.807, 2.05) is 38.1 Å². The zero-order valence-corrected chi connectivity index (χ0v) is 17.4. The number of nitrogens with zero attached hydrogens (tertiary/aromatic N) is 2. The fourth-order valence-corrected chi connectivity index (χ4v) is 4.12. The van der Waals surface area contributed by atoms with Crippen LogP contribution in [0.3, 0.4) is 0 Å². The van der Waals surface area contributed by atoms with Gasteiger partial charge in [-0.25, -0.2) is 4.79 Å². The predicted octanol–water partition coefficient (Wildman–Crippen LogP) is 4.16. The van der Waals surface area contributed by atoms with E-state index in [2.05, 4.69) is 0 Å². The molecule has 2 aliphatic rings. The molecule has 1 aliphatic carbocycles. The molecule has 6 nitrogen and oxygen atoms in total. The van der Waals surface area contributed by atoms with E-state index in [1.54, 1.807) is 7.05 Å². The van der Waals surface area contributed by atoms with Crippen LogP contribution in [0.5, 0.6) is 0 Å². The highest BCUT2D eigenvalue weighted by molar-refractivity contribution is 6.22. The Balaban J connectivity index is 2.01. The van der Waals surface area contributed by atoms with Gasteiger partial charge < -0.3 is 14.4 Å². The second-order valence-electron chi connectivity index (χ2n) is 8.20. The molecular formula is C23H28N2O4. The number of Topliss-reactive ketones (excluding diaryl/α,β-unsaturated/α-hetero) is 1. The Kier molecular flexibility index (Phi) is 6.39.